The first kappa shape index (κ1) is 15.4. The standard InChI is InChI=1S/C12H19N3O3S/c1-12(2,19(4,17)18)8-15-11(16)9-5-6-14-7-10(9)13-3/h5-7,13H,8H2,1-4H3,(H,15,16). The third-order valence-electron chi connectivity index (χ3n) is 3.01. The Bertz CT molecular complexity index is 567. The number of carbonyl (C=O) groups excluding carboxylic acids is 1. The van der Waals surface area contributed by atoms with Crippen LogP contribution in [0, 0.1) is 0 Å². The lowest BCUT2D eigenvalue weighted by molar-refractivity contribution is 0.0951. The summed E-state index contributed by atoms with van der Waals surface area (Å²) in [7, 11) is -1.55. The molecular formula is C12H19N3O3S. The average Bonchev–Trinajstić information content (AvgIpc) is 2.34. The number of nitrogens with zero attached hydrogens (tertiary/aromatic N) is 1. The molecule has 106 valence electrons. The summed E-state index contributed by atoms with van der Waals surface area (Å²) < 4.78 is 22.1. The highest BCUT2D eigenvalue weighted by molar-refractivity contribution is 7.92. The third kappa shape index (κ3) is 3.66. The van der Waals surface area contributed by atoms with Crippen molar-refractivity contribution in [3.63, 3.8) is 0 Å². The second-order valence-electron chi connectivity index (χ2n) is 4.89. The second kappa shape index (κ2) is 5.56. The molecule has 0 saturated carbocycles. The largest absolute Gasteiger partial charge is 0.386 e. The first-order chi connectivity index (χ1) is 8.69. The Balaban J connectivity index is 2.82. The van der Waals surface area contributed by atoms with Gasteiger partial charge in [-0.3, -0.25) is 9.78 Å². The molecule has 0 unspecified atom stereocenters. The van der Waals surface area contributed by atoms with E-state index in [2.05, 4.69) is 15.6 Å². The van der Waals surface area contributed by atoms with Gasteiger partial charge in [-0.15, -0.1) is 0 Å². The quantitative estimate of drug-likeness (QED) is 0.830. The predicted octanol–water partition coefficient (Wildman–Crippen LogP) is 0.676. The van der Waals surface area contributed by atoms with Crippen molar-refractivity contribution in [2.45, 2.75) is 18.6 Å². The minimum atomic E-state index is -3.24. The van der Waals surface area contributed by atoms with Crippen LogP contribution in [-0.2, 0) is 9.84 Å². The van der Waals surface area contributed by atoms with Crippen LogP contribution in [0.2, 0.25) is 0 Å². The van der Waals surface area contributed by atoms with E-state index < -0.39 is 14.6 Å². The third-order valence-corrected chi connectivity index (χ3v) is 5.17. The maximum absolute atomic E-state index is 12.0. The Morgan fingerprint density at radius 2 is 2.05 bits per heavy atom. The molecule has 0 aliphatic carbocycles. The van der Waals surface area contributed by atoms with Gasteiger partial charge in [0, 0.05) is 26.0 Å². The number of amides is 1. The van der Waals surface area contributed by atoms with Gasteiger partial charge in [0.25, 0.3) is 5.91 Å². The molecule has 0 aliphatic heterocycles. The lowest BCUT2D eigenvalue weighted by Gasteiger charge is -2.23. The van der Waals surface area contributed by atoms with Crippen LogP contribution >= 0.6 is 0 Å². The number of carbonyl (C=O) groups is 1. The molecular weight excluding hydrogens is 266 g/mol. The Morgan fingerprint density at radius 3 is 2.58 bits per heavy atom. The monoisotopic (exact) mass is 285 g/mol. The SMILES string of the molecule is CNc1cnccc1C(=O)NCC(C)(C)S(C)(=O)=O. The summed E-state index contributed by atoms with van der Waals surface area (Å²) in [5.74, 6) is -0.330. The molecule has 0 atom stereocenters. The summed E-state index contributed by atoms with van der Waals surface area (Å²) in [5, 5.41) is 5.50. The van der Waals surface area contributed by atoms with Crippen LogP contribution in [0.15, 0.2) is 18.5 Å². The van der Waals surface area contributed by atoms with Crippen molar-refractivity contribution < 1.29 is 13.2 Å². The second-order valence-corrected chi connectivity index (χ2v) is 7.54. The van der Waals surface area contributed by atoms with Gasteiger partial charge in [-0.1, -0.05) is 0 Å². The summed E-state index contributed by atoms with van der Waals surface area (Å²) in [4.78, 5) is 15.9. The number of rotatable bonds is 5. The minimum Gasteiger partial charge on any atom is -0.386 e. The van der Waals surface area contributed by atoms with Gasteiger partial charge in [0.1, 0.15) is 0 Å². The molecule has 7 heteroatoms. The van der Waals surface area contributed by atoms with E-state index in [0.717, 1.165) is 6.26 Å². The molecule has 1 rings (SSSR count). The van der Waals surface area contributed by atoms with Crippen LogP contribution in [0.5, 0.6) is 0 Å². The van der Waals surface area contributed by atoms with E-state index in [9.17, 15) is 13.2 Å². The number of pyridine rings is 1. The number of anilines is 1. The normalized spacial score (nSPS) is 12.0. The van der Waals surface area contributed by atoms with Crippen LogP contribution in [-0.4, -0.2) is 43.9 Å². The van der Waals surface area contributed by atoms with E-state index in [4.69, 9.17) is 0 Å². The van der Waals surface area contributed by atoms with Crippen molar-refractivity contribution in [2.75, 3.05) is 25.2 Å². The molecule has 0 bridgehead atoms. The van der Waals surface area contributed by atoms with Crippen LogP contribution < -0.4 is 10.6 Å². The number of sulfone groups is 1. The van der Waals surface area contributed by atoms with Crippen molar-refractivity contribution >= 4 is 21.4 Å². The van der Waals surface area contributed by atoms with E-state index in [0.29, 0.717) is 11.3 Å². The van der Waals surface area contributed by atoms with Crippen LogP contribution in [0.25, 0.3) is 0 Å². The maximum Gasteiger partial charge on any atom is 0.253 e. The topological polar surface area (TPSA) is 88.2 Å². The molecule has 0 radical (unpaired) electrons. The van der Waals surface area contributed by atoms with Crippen molar-refractivity contribution in [1.29, 1.82) is 0 Å². The molecule has 0 spiro atoms. The Kier molecular flexibility index (Phi) is 4.52. The Morgan fingerprint density at radius 1 is 1.42 bits per heavy atom. The number of aromatic nitrogens is 1. The molecule has 1 aromatic heterocycles. The summed E-state index contributed by atoms with van der Waals surface area (Å²) in [5.41, 5.74) is 1.03. The maximum atomic E-state index is 12.0. The first-order valence-corrected chi connectivity index (χ1v) is 7.68. The first-order valence-electron chi connectivity index (χ1n) is 5.78. The number of hydrogen-bond donors (Lipinski definition) is 2. The average molecular weight is 285 g/mol. The van der Waals surface area contributed by atoms with Crippen LogP contribution in [0.1, 0.15) is 24.2 Å². The molecule has 19 heavy (non-hydrogen) atoms. The molecule has 1 heterocycles. The van der Waals surface area contributed by atoms with Crippen LogP contribution in [0.4, 0.5) is 5.69 Å². The predicted molar refractivity (Wildman–Crippen MR) is 75.0 cm³/mol. The molecule has 0 aromatic carbocycles. The molecule has 0 fully saturated rings. The van der Waals surface area contributed by atoms with Crippen LogP contribution in [0.3, 0.4) is 0 Å². The fraction of sp³-hybridized carbons (Fsp3) is 0.500. The van der Waals surface area contributed by atoms with Gasteiger partial charge in [-0.25, -0.2) is 8.42 Å². The van der Waals surface area contributed by atoms with E-state index >= 15 is 0 Å². The van der Waals surface area contributed by atoms with E-state index in [-0.39, 0.29) is 12.5 Å². The molecule has 6 nitrogen and oxygen atoms in total. The summed E-state index contributed by atoms with van der Waals surface area (Å²) in [6, 6.07) is 1.58. The van der Waals surface area contributed by atoms with E-state index in [1.165, 1.54) is 12.4 Å². The molecule has 2 N–H and O–H groups in total. The highest BCUT2D eigenvalue weighted by atomic mass is 32.2. The zero-order chi connectivity index (χ0) is 14.7. The molecule has 1 amide bonds. The van der Waals surface area contributed by atoms with Crippen molar-refractivity contribution in [3.05, 3.63) is 24.0 Å². The summed E-state index contributed by atoms with van der Waals surface area (Å²) in [6.45, 7) is 3.21. The summed E-state index contributed by atoms with van der Waals surface area (Å²) in [6.07, 6.45) is 4.21. The fourth-order valence-corrected chi connectivity index (χ4v) is 1.65. The number of nitrogens with one attached hydrogen (secondary N) is 2. The van der Waals surface area contributed by atoms with E-state index in [1.54, 1.807) is 27.0 Å². The smallest absolute Gasteiger partial charge is 0.253 e. The highest BCUT2D eigenvalue weighted by Crippen LogP contribution is 2.15. The van der Waals surface area contributed by atoms with Crippen molar-refractivity contribution in [2.24, 2.45) is 0 Å². The van der Waals surface area contributed by atoms with Gasteiger partial charge in [0.15, 0.2) is 9.84 Å². The van der Waals surface area contributed by atoms with Gasteiger partial charge in [0.05, 0.1) is 22.2 Å². The summed E-state index contributed by atoms with van der Waals surface area (Å²) >= 11 is 0. The minimum absolute atomic E-state index is 0.0517. The highest BCUT2D eigenvalue weighted by Gasteiger charge is 2.30. The van der Waals surface area contributed by atoms with Crippen molar-refractivity contribution in [1.82, 2.24) is 10.3 Å². The molecule has 1 aromatic rings. The number of hydrogen-bond acceptors (Lipinski definition) is 5. The van der Waals surface area contributed by atoms with Gasteiger partial charge in [-0.05, 0) is 19.9 Å². The molecule has 0 saturated heterocycles. The van der Waals surface area contributed by atoms with Gasteiger partial charge >= 0.3 is 0 Å². The fourth-order valence-electron chi connectivity index (χ4n) is 1.31. The lowest BCUT2D eigenvalue weighted by Crippen LogP contribution is -2.43. The Hall–Kier alpha value is -1.63. The molecule has 0 aliphatic rings. The zero-order valence-corrected chi connectivity index (χ0v) is 12.3. The lowest BCUT2D eigenvalue weighted by atomic mass is 10.2. The van der Waals surface area contributed by atoms with Gasteiger partial charge in [0.2, 0.25) is 0 Å². The Labute approximate surface area is 113 Å². The van der Waals surface area contributed by atoms with Crippen molar-refractivity contribution in [3.8, 4) is 0 Å². The van der Waals surface area contributed by atoms with E-state index in [1.807, 2.05) is 0 Å². The van der Waals surface area contributed by atoms with Gasteiger partial charge < -0.3 is 10.6 Å². The van der Waals surface area contributed by atoms with Gasteiger partial charge in [-0.2, -0.15) is 0 Å². The zero-order valence-electron chi connectivity index (χ0n) is 11.5.